The Morgan fingerprint density at radius 1 is 1.13 bits per heavy atom. The SMILES string of the molecule is CO[C@H]1/C=C\C=C(/C)C(=O)NC2=CC(=O)C(NCCN3CCCC3)=C(C[C@@H](C)C[C@@H](OC)[C@@H](O)[C@@H](C)/C=C(\C)[C@@H]1OC(N)=O)C2=O. The zero-order chi connectivity index (χ0) is 34.0. The highest BCUT2D eigenvalue weighted by Gasteiger charge is 2.33. The second-order valence-corrected chi connectivity index (χ2v) is 12.4. The number of hydrogen-bond donors (Lipinski definition) is 4. The van der Waals surface area contributed by atoms with Crippen LogP contribution in [0.25, 0.3) is 0 Å². The van der Waals surface area contributed by atoms with Crippen molar-refractivity contribution in [2.24, 2.45) is 17.6 Å². The van der Waals surface area contributed by atoms with Crippen molar-refractivity contribution < 1.29 is 38.5 Å². The normalized spacial score (nSPS) is 32.2. The predicted octanol–water partition coefficient (Wildman–Crippen LogP) is 2.45. The fourth-order valence-electron chi connectivity index (χ4n) is 6.12. The number of aliphatic hydroxyl groups excluding tert-OH is 1. The standard InChI is InChI=1S/C34H50N4O8/c1-20-16-24-29(36-12-15-38-13-7-8-14-38)26(39)19-25(31(24)41)37-33(42)21(2)10-9-11-27(44-5)32(46-34(35)43)23(4)18-22(3)30(40)28(17-20)45-6/h9-11,18-20,22,27-28,30,32,36,40H,7-8,12-17H2,1-6H3,(H2,35,43)(H,37,42)/b11-9-,21-10+,23-18+/t20-,22+,27+,28-,30+,32+/m1/s1. The molecule has 254 valence electrons. The summed E-state index contributed by atoms with van der Waals surface area (Å²) in [6.45, 7) is 10.3. The first-order valence-corrected chi connectivity index (χ1v) is 15.9. The Kier molecular flexibility index (Phi) is 13.9. The molecule has 0 radical (unpaired) electrons. The summed E-state index contributed by atoms with van der Waals surface area (Å²) in [6.07, 6.45) is 6.29. The van der Waals surface area contributed by atoms with Gasteiger partial charge in [-0.3, -0.25) is 14.4 Å². The first kappa shape index (κ1) is 36.9. The van der Waals surface area contributed by atoms with E-state index in [0.717, 1.165) is 32.5 Å². The number of allylic oxidation sites excluding steroid dienone is 4. The van der Waals surface area contributed by atoms with Gasteiger partial charge in [-0.25, -0.2) is 4.79 Å². The Morgan fingerprint density at radius 2 is 1.83 bits per heavy atom. The molecule has 1 aliphatic carbocycles. The van der Waals surface area contributed by atoms with Crippen molar-refractivity contribution in [1.29, 1.82) is 0 Å². The van der Waals surface area contributed by atoms with E-state index in [9.17, 15) is 24.3 Å². The van der Waals surface area contributed by atoms with Crippen LogP contribution in [0.3, 0.4) is 0 Å². The molecule has 6 atom stereocenters. The summed E-state index contributed by atoms with van der Waals surface area (Å²) in [5.41, 5.74) is 6.66. The van der Waals surface area contributed by atoms with Gasteiger partial charge in [0.2, 0.25) is 11.6 Å². The lowest BCUT2D eigenvalue weighted by atomic mass is 9.85. The van der Waals surface area contributed by atoms with E-state index in [1.165, 1.54) is 26.4 Å². The lowest BCUT2D eigenvalue weighted by Crippen LogP contribution is -2.38. The molecule has 0 aromatic rings. The van der Waals surface area contributed by atoms with Crippen LogP contribution in [0.2, 0.25) is 0 Å². The number of carbonyl (C=O) groups is 4. The minimum Gasteiger partial charge on any atom is -0.439 e. The van der Waals surface area contributed by atoms with Crippen molar-refractivity contribution in [3.63, 3.8) is 0 Å². The van der Waals surface area contributed by atoms with Gasteiger partial charge in [0.25, 0.3) is 5.91 Å². The molecular weight excluding hydrogens is 592 g/mol. The van der Waals surface area contributed by atoms with Gasteiger partial charge < -0.3 is 40.6 Å². The third kappa shape index (κ3) is 9.96. The number of aliphatic hydroxyl groups is 1. The quantitative estimate of drug-likeness (QED) is 0.239. The van der Waals surface area contributed by atoms with Crippen LogP contribution in [0.15, 0.2) is 58.5 Å². The van der Waals surface area contributed by atoms with E-state index in [1.807, 2.05) is 13.8 Å². The molecule has 12 heteroatoms. The molecule has 0 unspecified atom stereocenters. The van der Waals surface area contributed by atoms with Gasteiger partial charge in [-0.15, -0.1) is 0 Å². The van der Waals surface area contributed by atoms with Gasteiger partial charge in [-0.2, -0.15) is 0 Å². The monoisotopic (exact) mass is 642 g/mol. The molecule has 12 nitrogen and oxygen atoms in total. The number of rotatable bonds is 7. The topological polar surface area (TPSA) is 170 Å². The van der Waals surface area contributed by atoms with E-state index in [1.54, 1.807) is 32.1 Å². The molecule has 46 heavy (non-hydrogen) atoms. The second-order valence-electron chi connectivity index (χ2n) is 12.4. The Labute approximate surface area is 271 Å². The molecule has 0 spiro atoms. The predicted molar refractivity (Wildman–Crippen MR) is 173 cm³/mol. The molecule has 0 aromatic heterocycles. The van der Waals surface area contributed by atoms with Gasteiger partial charge in [0.15, 0.2) is 6.10 Å². The van der Waals surface area contributed by atoms with E-state index in [-0.39, 0.29) is 35.1 Å². The van der Waals surface area contributed by atoms with Crippen molar-refractivity contribution in [1.82, 2.24) is 15.5 Å². The van der Waals surface area contributed by atoms with Crippen molar-refractivity contribution in [2.45, 2.75) is 77.8 Å². The van der Waals surface area contributed by atoms with E-state index in [4.69, 9.17) is 19.9 Å². The summed E-state index contributed by atoms with van der Waals surface area (Å²) in [7, 11) is 2.95. The Morgan fingerprint density at radius 3 is 2.46 bits per heavy atom. The van der Waals surface area contributed by atoms with Crippen LogP contribution in [0.5, 0.6) is 0 Å². The minimum atomic E-state index is -0.993. The minimum absolute atomic E-state index is 0.0987. The number of amides is 2. The van der Waals surface area contributed by atoms with Gasteiger partial charge in [0.1, 0.15) is 6.10 Å². The summed E-state index contributed by atoms with van der Waals surface area (Å²) >= 11 is 0. The van der Waals surface area contributed by atoms with Crippen LogP contribution in [0, 0.1) is 11.8 Å². The van der Waals surface area contributed by atoms with Crippen molar-refractivity contribution in [3.05, 3.63) is 58.5 Å². The third-order valence-electron chi connectivity index (χ3n) is 8.72. The number of nitrogens with zero attached hydrogens (tertiary/aromatic N) is 1. The number of Topliss-reactive ketones (excluding diaryl/α,β-unsaturated/α-hetero) is 1. The van der Waals surface area contributed by atoms with Gasteiger partial charge in [-0.05, 0) is 64.1 Å². The van der Waals surface area contributed by atoms with Crippen LogP contribution >= 0.6 is 0 Å². The van der Waals surface area contributed by atoms with Crippen LogP contribution in [0.4, 0.5) is 4.79 Å². The number of nitrogens with two attached hydrogens (primary N) is 1. The fourth-order valence-corrected chi connectivity index (χ4v) is 6.12. The smallest absolute Gasteiger partial charge is 0.405 e. The number of ketones is 2. The average molecular weight is 643 g/mol. The molecule has 2 aliphatic heterocycles. The summed E-state index contributed by atoms with van der Waals surface area (Å²) in [6, 6.07) is 0. The molecule has 1 fully saturated rings. The molecule has 5 N–H and O–H groups in total. The van der Waals surface area contributed by atoms with E-state index in [0.29, 0.717) is 24.1 Å². The molecular formula is C34H50N4O8. The molecule has 3 rings (SSSR count). The number of primary amides is 1. The fraction of sp³-hybridized carbons (Fsp3) is 0.588. The number of methoxy groups -OCH3 is 2. The largest absolute Gasteiger partial charge is 0.439 e. The highest BCUT2D eigenvalue weighted by atomic mass is 16.6. The van der Waals surface area contributed by atoms with Crippen molar-refractivity contribution >= 4 is 23.6 Å². The highest BCUT2D eigenvalue weighted by Crippen LogP contribution is 2.29. The van der Waals surface area contributed by atoms with E-state index in [2.05, 4.69) is 15.5 Å². The summed E-state index contributed by atoms with van der Waals surface area (Å²) < 4.78 is 16.7. The van der Waals surface area contributed by atoms with E-state index < -0.39 is 48.1 Å². The maximum Gasteiger partial charge on any atom is 0.405 e. The number of hydrogen-bond acceptors (Lipinski definition) is 10. The second kappa shape index (κ2) is 17.4. The third-order valence-corrected chi connectivity index (χ3v) is 8.72. The number of carbonyl (C=O) groups excluding carboxylic acids is 4. The maximum absolute atomic E-state index is 13.8. The summed E-state index contributed by atoms with van der Waals surface area (Å²) in [5, 5.41) is 17.2. The lowest BCUT2D eigenvalue weighted by Gasteiger charge is -2.30. The number of ether oxygens (including phenoxy) is 3. The molecule has 2 bridgehead atoms. The summed E-state index contributed by atoms with van der Waals surface area (Å²) in [5.74, 6) is -1.99. The van der Waals surface area contributed by atoms with Gasteiger partial charge in [0.05, 0.1) is 23.6 Å². The Hall–Kier alpha value is -3.58. The molecule has 3 aliphatic rings. The van der Waals surface area contributed by atoms with Crippen LogP contribution in [-0.4, -0.2) is 98.4 Å². The van der Waals surface area contributed by atoms with Crippen LogP contribution < -0.4 is 16.4 Å². The molecule has 0 aromatic carbocycles. The first-order chi connectivity index (χ1) is 21.9. The van der Waals surface area contributed by atoms with Crippen LogP contribution in [0.1, 0.15) is 53.4 Å². The van der Waals surface area contributed by atoms with Crippen LogP contribution in [-0.2, 0) is 28.6 Å². The Balaban J connectivity index is 2.01. The number of nitrogens with one attached hydrogen (secondary N) is 2. The lowest BCUT2D eigenvalue weighted by molar-refractivity contribution is -0.120. The van der Waals surface area contributed by atoms with Crippen molar-refractivity contribution in [3.8, 4) is 0 Å². The molecule has 2 amide bonds. The maximum atomic E-state index is 13.8. The van der Waals surface area contributed by atoms with Crippen molar-refractivity contribution in [2.75, 3.05) is 40.4 Å². The van der Waals surface area contributed by atoms with Gasteiger partial charge >= 0.3 is 6.09 Å². The Bertz CT molecular complexity index is 1290. The van der Waals surface area contributed by atoms with Gasteiger partial charge in [-0.1, -0.05) is 38.2 Å². The zero-order valence-electron chi connectivity index (χ0n) is 27.8. The van der Waals surface area contributed by atoms with E-state index >= 15 is 0 Å². The average Bonchev–Trinajstić information content (AvgIpc) is 3.53. The molecule has 2 heterocycles. The number of likely N-dealkylation sites (tertiary alicyclic amines) is 1. The van der Waals surface area contributed by atoms with Gasteiger partial charge in [0, 0.05) is 50.4 Å². The highest BCUT2D eigenvalue weighted by molar-refractivity contribution is 6.23. The summed E-state index contributed by atoms with van der Waals surface area (Å²) in [4.78, 5) is 54.4. The molecule has 1 saturated heterocycles. The number of fused-ring (bicyclic) bond motifs is 2. The zero-order valence-corrected chi connectivity index (χ0v) is 27.8. The molecule has 0 saturated carbocycles. The first-order valence-electron chi connectivity index (χ1n) is 15.9.